The molecule has 1 fully saturated rings. The Kier molecular flexibility index (Phi) is 7.44. The number of aliphatic hydroxyl groups is 1. The highest BCUT2D eigenvalue weighted by molar-refractivity contribution is 6.30. The van der Waals surface area contributed by atoms with Gasteiger partial charge in [0.25, 0.3) is 5.69 Å². The number of hydrogen-bond acceptors (Lipinski definition) is 6. The second-order valence-electron chi connectivity index (χ2n) is 7.21. The molecule has 0 radical (unpaired) electrons. The molecule has 0 unspecified atom stereocenters. The second kappa shape index (κ2) is 10.0. The number of hydrogen-bond donors (Lipinski definition) is 1. The number of anilines is 1. The molecule has 0 aromatic heterocycles. The van der Waals surface area contributed by atoms with Gasteiger partial charge in [-0.1, -0.05) is 35.9 Å². The van der Waals surface area contributed by atoms with Crippen molar-refractivity contribution in [3.8, 4) is 0 Å². The third-order valence-corrected chi connectivity index (χ3v) is 5.39. The molecule has 0 aliphatic carbocycles. The fourth-order valence-electron chi connectivity index (χ4n) is 3.49. The highest BCUT2D eigenvalue weighted by Gasteiger charge is 2.24. The summed E-state index contributed by atoms with van der Waals surface area (Å²) in [5.74, 6) is 0. The standard InChI is InChI=1S/C21H26ClN3O4/c1-16(17-6-8-18(22)9-7-17)29-15-19(26)14-23-10-12-24(13-11-23)20-4-2-3-5-21(20)25(27)28/h2-9,16,19,26H,10-15H2,1H3/t16-,19+/m1/s1. The van der Waals surface area contributed by atoms with E-state index in [2.05, 4.69) is 4.90 Å². The molecule has 1 saturated heterocycles. The van der Waals surface area contributed by atoms with Gasteiger partial charge >= 0.3 is 0 Å². The maximum atomic E-state index is 11.2. The normalized spacial score (nSPS) is 17.1. The largest absolute Gasteiger partial charge is 0.389 e. The molecular weight excluding hydrogens is 394 g/mol. The summed E-state index contributed by atoms with van der Waals surface area (Å²) in [6.07, 6.45) is -0.722. The van der Waals surface area contributed by atoms with Gasteiger partial charge in [0.2, 0.25) is 0 Å². The predicted molar refractivity (Wildman–Crippen MR) is 114 cm³/mol. The first kappa shape index (κ1) is 21.5. The van der Waals surface area contributed by atoms with Crippen LogP contribution < -0.4 is 4.90 Å². The van der Waals surface area contributed by atoms with Gasteiger partial charge in [0.1, 0.15) is 5.69 Å². The van der Waals surface area contributed by atoms with Crippen molar-refractivity contribution in [2.24, 2.45) is 0 Å². The SMILES string of the molecule is C[C@@H](OC[C@@H](O)CN1CCN(c2ccccc2[N+](=O)[O-])CC1)c1ccc(Cl)cc1. The van der Waals surface area contributed by atoms with Gasteiger partial charge in [-0.3, -0.25) is 15.0 Å². The molecule has 2 aromatic carbocycles. The van der Waals surface area contributed by atoms with Gasteiger partial charge < -0.3 is 14.7 Å². The molecule has 0 saturated carbocycles. The molecule has 0 bridgehead atoms. The minimum atomic E-state index is -0.595. The Morgan fingerprint density at radius 1 is 1.14 bits per heavy atom. The zero-order valence-corrected chi connectivity index (χ0v) is 17.2. The molecule has 3 rings (SSSR count). The lowest BCUT2D eigenvalue weighted by Gasteiger charge is -2.36. The van der Waals surface area contributed by atoms with Crippen LogP contribution in [0.4, 0.5) is 11.4 Å². The average Bonchev–Trinajstić information content (AvgIpc) is 2.73. The Labute approximate surface area is 175 Å². The number of benzene rings is 2. The summed E-state index contributed by atoms with van der Waals surface area (Å²) < 4.78 is 5.80. The number of halogens is 1. The van der Waals surface area contributed by atoms with E-state index in [0.29, 0.717) is 30.3 Å². The lowest BCUT2D eigenvalue weighted by molar-refractivity contribution is -0.384. The van der Waals surface area contributed by atoms with Gasteiger partial charge in [-0.2, -0.15) is 0 Å². The summed E-state index contributed by atoms with van der Waals surface area (Å²) in [6.45, 7) is 5.53. The molecular formula is C21H26ClN3O4. The number of ether oxygens (including phenoxy) is 1. The van der Waals surface area contributed by atoms with Crippen LogP contribution in [0.5, 0.6) is 0 Å². The molecule has 7 nitrogen and oxygen atoms in total. The predicted octanol–water partition coefficient (Wildman–Crippen LogP) is 3.51. The summed E-state index contributed by atoms with van der Waals surface area (Å²) in [5.41, 5.74) is 1.79. The summed E-state index contributed by atoms with van der Waals surface area (Å²) in [4.78, 5) is 15.1. The van der Waals surface area contributed by atoms with E-state index in [0.717, 1.165) is 18.7 Å². The average molecular weight is 420 g/mol. The van der Waals surface area contributed by atoms with Crippen LogP contribution in [0.15, 0.2) is 48.5 Å². The number of aliphatic hydroxyl groups excluding tert-OH is 1. The lowest BCUT2D eigenvalue weighted by atomic mass is 10.1. The summed E-state index contributed by atoms with van der Waals surface area (Å²) >= 11 is 5.90. The van der Waals surface area contributed by atoms with Crippen LogP contribution in [0.2, 0.25) is 5.02 Å². The van der Waals surface area contributed by atoms with Gasteiger partial charge in [-0.25, -0.2) is 0 Å². The highest BCUT2D eigenvalue weighted by Crippen LogP contribution is 2.28. The molecule has 1 heterocycles. The molecule has 156 valence electrons. The number of nitro benzene ring substituents is 1. The summed E-state index contributed by atoms with van der Waals surface area (Å²) in [5, 5.41) is 22.3. The zero-order valence-electron chi connectivity index (χ0n) is 16.4. The molecule has 0 spiro atoms. The first-order valence-electron chi connectivity index (χ1n) is 9.70. The number of nitrogens with zero attached hydrogens (tertiary/aromatic N) is 3. The first-order chi connectivity index (χ1) is 13.9. The molecule has 1 aliphatic heterocycles. The Hall–Kier alpha value is -2.19. The summed E-state index contributed by atoms with van der Waals surface area (Å²) in [6, 6.07) is 14.3. The van der Waals surface area contributed by atoms with Crippen molar-refractivity contribution in [3.63, 3.8) is 0 Å². The molecule has 2 atom stereocenters. The quantitative estimate of drug-likeness (QED) is 0.521. The molecule has 1 N–H and O–H groups in total. The fraction of sp³-hybridized carbons (Fsp3) is 0.429. The van der Waals surface area contributed by atoms with E-state index in [1.807, 2.05) is 42.2 Å². The van der Waals surface area contributed by atoms with Crippen molar-refractivity contribution in [2.45, 2.75) is 19.1 Å². The molecule has 0 amide bonds. The van der Waals surface area contributed by atoms with Crippen molar-refractivity contribution in [1.29, 1.82) is 0 Å². The molecule has 2 aromatic rings. The maximum Gasteiger partial charge on any atom is 0.292 e. The van der Waals surface area contributed by atoms with Crippen molar-refractivity contribution in [3.05, 3.63) is 69.2 Å². The van der Waals surface area contributed by atoms with E-state index in [1.54, 1.807) is 12.1 Å². The number of nitro groups is 1. The minimum absolute atomic E-state index is 0.127. The highest BCUT2D eigenvalue weighted by atomic mass is 35.5. The van der Waals surface area contributed by atoms with Crippen LogP contribution in [0, 0.1) is 10.1 Å². The fourth-order valence-corrected chi connectivity index (χ4v) is 3.62. The zero-order chi connectivity index (χ0) is 20.8. The Bertz CT molecular complexity index is 810. The number of piperazine rings is 1. The van der Waals surface area contributed by atoms with E-state index in [1.165, 1.54) is 6.07 Å². The van der Waals surface area contributed by atoms with Crippen molar-refractivity contribution in [1.82, 2.24) is 4.90 Å². The third-order valence-electron chi connectivity index (χ3n) is 5.14. The van der Waals surface area contributed by atoms with Gasteiger partial charge in [-0.05, 0) is 30.7 Å². The van der Waals surface area contributed by atoms with E-state index < -0.39 is 6.10 Å². The number of para-hydroxylation sites is 2. The summed E-state index contributed by atoms with van der Waals surface area (Å²) in [7, 11) is 0. The van der Waals surface area contributed by atoms with Crippen molar-refractivity contribution < 1.29 is 14.8 Å². The van der Waals surface area contributed by atoms with Gasteiger partial charge in [0.15, 0.2) is 0 Å². The first-order valence-corrected chi connectivity index (χ1v) is 10.1. The molecule has 8 heteroatoms. The van der Waals surface area contributed by atoms with E-state index in [-0.39, 0.29) is 23.3 Å². The maximum absolute atomic E-state index is 11.2. The van der Waals surface area contributed by atoms with Crippen LogP contribution in [-0.2, 0) is 4.74 Å². The second-order valence-corrected chi connectivity index (χ2v) is 7.65. The van der Waals surface area contributed by atoms with Gasteiger partial charge in [0.05, 0.1) is 23.7 Å². The minimum Gasteiger partial charge on any atom is -0.389 e. The van der Waals surface area contributed by atoms with Crippen molar-refractivity contribution in [2.75, 3.05) is 44.2 Å². The molecule has 29 heavy (non-hydrogen) atoms. The van der Waals surface area contributed by atoms with Gasteiger partial charge in [-0.15, -0.1) is 0 Å². The molecule has 1 aliphatic rings. The van der Waals surface area contributed by atoms with Gasteiger partial charge in [0, 0.05) is 43.8 Å². The van der Waals surface area contributed by atoms with E-state index in [9.17, 15) is 15.2 Å². The monoisotopic (exact) mass is 419 g/mol. The van der Waals surface area contributed by atoms with Crippen LogP contribution in [0.25, 0.3) is 0 Å². The van der Waals surface area contributed by atoms with Crippen LogP contribution in [-0.4, -0.2) is 60.4 Å². The lowest BCUT2D eigenvalue weighted by Crippen LogP contribution is -2.49. The Morgan fingerprint density at radius 2 is 1.79 bits per heavy atom. The van der Waals surface area contributed by atoms with Crippen molar-refractivity contribution >= 4 is 23.0 Å². The van der Waals surface area contributed by atoms with Crippen LogP contribution >= 0.6 is 11.6 Å². The number of rotatable bonds is 8. The van der Waals surface area contributed by atoms with Crippen LogP contribution in [0.3, 0.4) is 0 Å². The van der Waals surface area contributed by atoms with E-state index in [4.69, 9.17) is 16.3 Å². The number of β-amino-alcohol motifs (C(OH)–C–C–N with tert-alkyl or cyclic N) is 1. The Balaban J connectivity index is 1.44. The topological polar surface area (TPSA) is 79.1 Å². The van der Waals surface area contributed by atoms with Crippen LogP contribution in [0.1, 0.15) is 18.6 Å². The Morgan fingerprint density at radius 3 is 2.45 bits per heavy atom. The third kappa shape index (κ3) is 5.90. The smallest absolute Gasteiger partial charge is 0.292 e. The van der Waals surface area contributed by atoms with E-state index >= 15 is 0 Å².